The molecule has 0 bridgehead atoms. The molecule has 2 heterocycles. The number of aromatic nitrogens is 2. The SMILES string of the molecule is CC(=O)C1=C(C)n2c(=O)c3ccccc3c(=O)n2C1c1ccccc1. The van der Waals surface area contributed by atoms with E-state index in [0.29, 0.717) is 22.0 Å². The van der Waals surface area contributed by atoms with E-state index in [0.717, 1.165) is 5.56 Å². The van der Waals surface area contributed by atoms with E-state index in [1.807, 2.05) is 30.3 Å². The van der Waals surface area contributed by atoms with Crippen molar-refractivity contribution in [1.29, 1.82) is 0 Å². The minimum absolute atomic E-state index is 0.148. The minimum atomic E-state index is -0.594. The van der Waals surface area contributed by atoms with E-state index < -0.39 is 6.04 Å². The van der Waals surface area contributed by atoms with Gasteiger partial charge in [-0.3, -0.25) is 14.4 Å². The molecule has 2 aromatic carbocycles. The molecule has 0 radical (unpaired) electrons. The van der Waals surface area contributed by atoms with Crippen LogP contribution in [0.2, 0.25) is 0 Å². The Morgan fingerprint density at radius 2 is 1.44 bits per heavy atom. The summed E-state index contributed by atoms with van der Waals surface area (Å²) in [5.74, 6) is -0.148. The second kappa shape index (κ2) is 5.41. The number of ketones is 1. The van der Waals surface area contributed by atoms with Gasteiger partial charge in [-0.2, -0.15) is 0 Å². The first-order valence-electron chi connectivity index (χ1n) is 8.06. The van der Waals surface area contributed by atoms with Gasteiger partial charge in [0.25, 0.3) is 11.1 Å². The quantitative estimate of drug-likeness (QED) is 0.725. The molecule has 0 saturated carbocycles. The molecular formula is C20H16N2O3. The lowest BCUT2D eigenvalue weighted by molar-refractivity contribution is -0.113. The molecule has 1 aromatic heterocycles. The lowest BCUT2D eigenvalue weighted by atomic mass is 9.96. The summed E-state index contributed by atoms with van der Waals surface area (Å²) >= 11 is 0. The van der Waals surface area contributed by atoms with Crippen molar-refractivity contribution < 1.29 is 4.79 Å². The van der Waals surface area contributed by atoms with Crippen molar-refractivity contribution in [1.82, 2.24) is 9.36 Å². The number of hydrogen-bond acceptors (Lipinski definition) is 3. The van der Waals surface area contributed by atoms with Crippen LogP contribution >= 0.6 is 0 Å². The van der Waals surface area contributed by atoms with Gasteiger partial charge in [0.15, 0.2) is 5.78 Å². The monoisotopic (exact) mass is 332 g/mol. The molecule has 1 aliphatic heterocycles. The first-order valence-corrected chi connectivity index (χ1v) is 8.06. The fourth-order valence-electron chi connectivity index (χ4n) is 3.65. The highest BCUT2D eigenvalue weighted by molar-refractivity contribution is 6.01. The Hall–Kier alpha value is -3.21. The number of carbonyl (C=O) groups excluding carboxylic acids is 1. The molecule has 0 spiro atoms. The molecule has 0 aliphatic carbocycles. The van der Waals surface area contributed by atoms with Crippen LogP contribution in [-0.2, 0) is 4.79 Å². The zero-order chi connectivity index (χ0) is 17.7. The van der Waals surface area contributed by atoms with Crippen LogP contribution in [0, 0.1) is 0 Å². The van der Waals surface area contributed by atoms with Gasteiger partial charge in [0.1, 0.15) is 6.04 Å². The normalized spacial score (nSPS) is 16.3. The molecule has 5 nitrogen and oxygen atoms in total. The Morgan fingerprint density at radius 3 is 2.04 bits per heavy atom. The number of fused-ring (bicyclic) bond motifs is 2. The second-order valence-corrected chi connectivity index (χ2v) is 6.18. The molecule has 4 rings (SSSR count). The summed E-state index contributed by atoms with van der Waals surface area (Å²) in [5.41, 5.74) is 1.22. The van der Waals surface area contributed by atoms with Crippen molar-refractivity contribution in [3.8, 4) is 0 Å². The van der Waals surface area contributed by atoms with E-state index in [1.54, 1.807) is 31.2 Å². The van der Waals surface area contributed by atoms with Crippen LogP contribution in [0.1, 0.15) is 25.5 Å². The van der Waals surface area contributed by atoms with Crippen LogP contribution < -0.4 is 11.1 Å². The van der Waals surface area contributed by atoms with E-state index in [9.17, 15) is 14.4 Å². The van der Waals surface area contributed by atoms with Crippen molar-refractivity contribution in [2.75, 3.05) is 0 Å². The third-order valence-electron chi connectivity index (χ3n) is 4.72. The smallest absolute Gasteiger partial charge is 0.277 e. The van der Waals surface area contributed by atoms with E-state index in [2.05, 4.69) is 0 Å². The molecule has 1 aliphatic rings. The summed E-state index contributed by atoms with van der Waals surface area (Å²) in [6.07, 6.45) is 0. The molecule has 3 aromatic rings. The zero-order valence-electron chi connectivity index (χ0n) is 13.9. The number of benzene rings is 2. The van der Waals surface area contributed by atoms with Gasteiger partial charge in [-0.25, -0.2) is 9.36 Å². The molecule has 1 unspecified atom stereocenters. The van der Waals surface area contributed by atoms with Gasteiger partial charge >= 0.3 is 0 Å². The molecular weight excluding hydrogens is 316 g/mol. The predicted octanol–water partition coefficient (Wildman–Crippen LogP) is 2.59. The maximum absolute atomic E-state index is 13.1. The van der Waals surface area contributed by atoms with Gasteiger partial charge < -0.3 is 0 Å². The van der Waals surface area contributed by atoms with Crippen molar-refractivity contribution in [2.45, 2.75) is 19.9 Å². The lowest BCUT2D eigenvalue weighted by Gasteiger charge is -2.18. The topological polar surface area (TPSA) is 61.1 Å². The Morgan fingerprint density at radius 1 is 0.880 bits per heavy atom. The average molecular weight is 332 g/mol. The number of carbonyl (C=O) groups is 1. The molecule has 0 amide bonds. The molecule has 5 heteroatoms. The van der Waals surface area contributed by atoms with Crippen LogP contribution in [0.5, 0.6) is 0 Å². The largest absolute Gasteiger partial charge is 0.295 e. The van der Waals surface area contributed by atoms with Gasteiger partial charge in [-0.1, -0.05) is 42.5 Å². The maximum atomic E-state index is 13.1. The Labute approximate surface area is 143 Å². The van der Waals surface area contributed by atoms with E-state index in [1.165, 1.54) is 16.3 Å². The average Bonchev–Trinajstić information content (AvgIpc) is 2.94. The highest BCUT2D eigenvalue weighted by Gasteiger charge is 2.35. The van der Waals surface area contributed by atoms with E-state index >= 15 is 0 Å². The number of Topliss-reactive ketones (excluding diaryl/α,β-unsaturated/α-hetero) is 1. The predicted molar refractivity (Wildman–Crippen MR) is 96.6 cm³/mol. The van der Waals surface area contributed by atoms with Gasteiger partial charge in [-0.15, -0.1) is 0 Å². The van der Waals surface area contributed by atoms with Crippen LogP contribution in [0.25, 0.3) is 16.5 Å². The van der Waals surface area contributed by atoms with Crippen LogP contribution in [0.3, 0.4) is 0 Å². The van der Waals surface area contributed by atoms with Crippen LogP contribution in [0.15, 0.2) is 69.8 Å². The van der Waals surface area contributed by atoms with Crippen LogP contribution in [-0.4, -0.2) is 15.1 Å². The van der Waals surface area contributed by atoms with Crippen molar-refractivity contribution >= 4 is 22.3 Å². The summed E-state index contributed by atoms with van der Waals surface area (Å²) in [6.45, 7) is 3.18. The van der Waals surface area contributed by atoms with Crippen LogP contribution in [0.4, 0.5) is 0 Å². The molecule has 0 saturated heterocycles. The highest BCUT2D eigenvalue weighted by atomic mass is 16.2. The highest BCUT2D eigenvalue weighted by Crippen LogP contribution is 2.34. The maximum Gasteiger partial charge on any atom is 0.277 e. The first-order chi connectivity index (χ1) is 12.0. The Bertz CT molecular complexity index is 1170. The second-order valence-electron chi connectivity index (χ2n) is 6.18. The Kier molecular flexibility index (Phi) is 3.32. The standard InChI is InChI=1S/C20H16N2O3/c1-12-17(13(2)23)18(14-8-4-3-5-9-14)22-20(25)16-11-7-6-10-15(16)19(24)21(12)22/h3-11,18H,1-2H3. The lowest BCUT2D eigenvalue weighted by Crippen LogP contribution is -2.37. The van der Waals surface area contributed by atoms with Gasteiger partial charge in [0.2, 0.25) is 0 Å². The molecule has 0 fully saturated rings. The van der Waals surface area contributed by atoms with E-state index in [-0.39, 0.29) is 16.9 Å². The Balaban J connectivity index is 2.19. The molecule has 124 valence electrons. The summed E-state index contributed by atoms with van der Waals surface area (Å²) in [7, 11) is 0. The first kappa shape index (κ1) is 15.3. The summed E-state index contributed by atoms with van der Waals surface area (Å²) in [4.78, 5) is 38.5. The van der Waals surface area contributed by atoms with Gasteiger partial charge in [0, 0.05) is 5.57 Å². The summed E-state index contributed by atoms with van der Waals surface area (Å²) in [6, 6.07) is 15.5. The number of allylic oxidation sites excluding steroid dienone is 2. The zero-order valence-corrected chi connectivity index (χ0v) is 13.9. The summed E-state index contributed by atoms with van der Waals surface area (Å²) < 4.78 is 2.76. The number of nitrogens with zero attached hydrogens (tertiary/aromatic N) is 2. The minimum Gasteiger partial charge on any atom is -0.295 e. The van der Waals surface area contributed by atoms with Gasteiger partial charge in [-0.05, 0) is 31.5 Å². The number of hydrogen-bond donors (Lipinski definition) is 0. The molecule has 0 N–H and O–H groups in total. The fraction of sp³-hybridized carbons (Fsp3) is 0.150. The number of rotatable bonds is 2. The van der Waals surface area contributed by atoms with E-state index in [4.69, 9.17) is 0 Å². The third kappa shape index (κ3) is 2.05. The molecule has 25 heavy (non-hydrogen) atoms. The summed E-state index contributed by atoms with van der Waals surface area (Å²) in [5, 5.41) is 0.724. The molecule has 1 atom stereocenters. The van der Waals surface area contributed by atoms with Crippen molar-refractivity contribution in [3.05, 3.63) is 86.4 Å². The third-order valence-corrected chi connectivity index (χ3v) is 4.72. The fourth-order valence-corrected chi connectivity index (χ4v) is 3.65. The van der Waals surface area contributed by atoms with Crippen molar-refractivity contribution in [3.63, 3.8) is 0 Å². The van der Waals surface area contributed by atoms with Gasteiger partial charge in [0.05, 0.1) is 16.5 Å². The van der Waals surface area contributed by atoms with Crippen molar-refractivity contribution in [2.24, 2.45) is 0 Å².